The molecule has 1 aliphatic heterocycles. The first-order chi connectivity index (χ1) is 13.7. The van der Waals surface area contributed by atoms with Gasteiger partial charge in [0.1, 0.15) is 6.04 Å². The third-order valence-electron chi connectivity index (χ3n) is 4.62. The Morgan fingerprint density at radius 1 is 1.24 bits per heavy atom. The number of carbonyl (C=O) groups excluding carboxylic acids is 2. The lowest BCUT2D eigenvalue weighted by molar-refractivity contribution is -0.385. The lowest BCUT2D eigenvalue weighted by Crippen LogP contribution is -2.45. The predicted molar refractivity (Wildman–Crippen MR) is 108 cm³/mol. The topological polar surface area (TPSA) is 123 Å². The van der Waals surface area contributed by atoms with E-state index in [4.69, 9.17) is 4.74 Å². The van der Waals surface area contributed by atoms with Crippen LogP contribution in [0.1, 0.15) is 58.6 Å². The molecule has 1 saturated heterocycles. The van der Waals surface area contributed by atoms with Crippen LogP contribution in [-0.2, 0) is 14.3 Å². The number of ether oxygens (including phenoxy) is 1. The fourth-order valence-electron chi connectivity index (χ4n) is 3.45. The van der Waals surface area contributed by atoms with Crippen molar-refractivity contribution in [3.63, 3.8) is 0 Å². The van der Waals surface area contributed by atoms with Crippen molar-refractivity contribution in [1.82, 2.24) is 16.2 Å². The first-order valence-electron chi connectivity index (χ1n) is 9.91. The van der Waals surface area contributed by atoms with Crippen molar-refractivity contribution in [2.24, 2.45) is 5.92 Å². The molecule has 1 aromatic rings. The van der Waals surface area contributed by atoms with Crippen molar-refractivity contribution in [1.29, 1.82) is 0 Å². The monoisotopic (exact) mass is 406 g/mol. The molecule has 0 radical (unpaired) electrons. The van der Waals surface area contributed by atoms with Gasteiger partial charge in [-0.15, -0.1) is 0 Å². The average molecular weight is 406 g/mol. The molecule has 3 unspecified atom stereocenters. The highest BCUT2D eigenvalue weighted by molar-refractivity contribution is 5.83. The lowest BCUT2D eigenvalue weighted by Gasteiger charge is -2.21. The van der Waals surface area contributed by atoms with Crippen LogP contribution in [-0.4, -0.2) is 35.0 Å². The maximum Gasteiger partial charge on any atom is 0.308 e. The van der Waals surface area contributed by atoms with Crippen molar-refractivity contribution in [3.8, 4) is 0 Å². The second-order valence-electron chi connectivity index (χ2n) is 8.02. The van der Waals surface area contributed by atoms with E-state index in [1.807, 2.05) is 0 Å². The van der Waals surface area contributed by atoms with E-state index in [-0.39, 0.29) is 35.7 Å². The first kappa shape index (κ1) is 22.8. The maximum absolute atomic E-state index is 12.8. The van der Waals surface area contributed by atoms with Crippen LogP contribution in [0.5, 0.6) is 0 Å². The molecule has 3 atom stereocenters. The maximum atomic E-state index is 12.8. The molecule has 1 aromatic carbocycles. The molecular weight excluding hydrogens is 376 g/mol. The van der Waals surface area contributed by atoms with Crippen LogP contribution in [0.15, 0.2) is 24.3 Å². The summed E-state index contributed by atoms with van der Waals surface area (Å²) in [5, 5.41) is 14.2. The molecule has 160 valence electrons. The number of hydrazine groups is 1. The van der Waals surface area contributed by atoms with Gasteiger partial charge in [0.2, 0.25) is 5.91 Å². The van der Waals surface area contributed by atoms with Gasteiger partial charge >= 0.3 is 5.97 Å². The molecule has 0 aromatic heterocycles. The van der Waals surface area contributed by atoms with Crippen molar-refractivity contribution < 1.29 is 19.2 Å². The van der Waals surface area contributed by atoms with E-state index in [1.165, 1.54) is 6.07 Å². The molecule has 0 bridgehead atoms. The van der Waals surface area contributed by atoms with Crippen LogP contribution in [0.25, 0.3) is 0 Å². The molecule has 3 N–H and O–H groups in total. The van der Waals surface area contributed by atoms with E-state index < -0.39 is 23.0 Å². The zero-order chi connectivity index (χ0) is 21.6. The Labute approximate surface area is 170 Å². The number of nitro groups is 1. The highest BCUT2D eigenvalue weighted by Crippen LogP contribution is 2.28. The van der Waals surface area contributed by atoms with E-state index in [2.05, 4.69) is 30.0 Å². The standard InChI is InChI=1S/C20H30N4O5/c1-12(2)9-14-10-17(23-22-14)20(26)21-16(11-19(25)29-13(3)4)15-7-5-6-8-18(15)24(27)28/h5-8,12-14,16-17,22-23H,9-11H2,1-4H3,(H,21,26). The summed E-state index contributed by atoms with van der Waals surface area (Å²) in [5.74, 6) is -0.357. The Kier molecular flexibility index (Phi) is 8.10. The second kappa shape index (κ2) is 10.3. The van der Waals surface area contributed by atoms with Crippen molar-refractivity contribution in [3.05, 3.63) is 39.9 Å². The summed E-state index contributed by atoms with van der Waals surface area (Å²) in [6.45, 7) is 7.67. The van der Waals surface area contributed by atoms with Crippen LogP contribution in [0.4, 0.5) is 5.69 Å². The third kappa shape index (κ3) is 6.79. The molecule has 29 heavy (non-hydrogen) atoms. The summed E-state index contributed by atoms with van der Waals surface area (Å²) in [6, 6.07) is 4.92. The molecule has 1 heterocycles. The van der Waals surface area contributed by atoms with E-state index >= 15 is 0 Å². The molecule has 2 rings (SSSR count). The zero-order valence-corrected chi connectivity index (χ0v) is 17.3. The number of amides is 1. The molecule has 9 nitrogen and oxygen atoms in total. The van der Waals surface area contributed by atoms with Gasteiger partial charge < -0.3 is 10.1 Å². The number of hydrogen-bond acceptors (Lipinski definition) is 7. The molecule has 1 aliphatic rings. The van der Waals surface area contributed by atoms with Gasteiger partial charge in [0.25, 0.3) is 5.69 Å². The van der Waals surface area contributed by atoms with E-state index in [9.17, 15) is 19.7 Å². The predicted octanol–water partition coefficient (Wildman–Crippen LogP) is 2.38. The Balaban J connectivity index is 2.17. The van der Waals surface area contributed by atoms with Gasteiger partial charge in [0.15, 0.2) is 0 Å². The quantitative estimate of drug-likeness (QED) is 0.327. The van der Waals surface area contributed by atoms with E-state index in [0.717, 1.165) is 6.42 Å². The Morgan fingerprint density at radius 2 is 1.93 bits per heavy atom. The average Bonchev–Trinajstić information content (AvgIpc) is 3.08. The summed E-state index contributed by atoms with van der Waals surface area (Å²) in [6.07, 6.45) is 1.02. The van der Waals surface area contributed by atoms with Gasteiger partial charge in [-0.25, -0.2) is 5.43 Å². The van der Waals surface area contributed by atoms with E-state index in [0.29, 0.717) is 12.3 Å². The van der Waals surface area contributed by atoms with Gasteiger partial charge in [0.05, 0.1) is 29.1 Å². The normalized spacial score (nSPS) is 19.9. The minimum absolute atomic E-state index is 0.148. The number of benzene rings is 1. The molecule has 0 spiro atoms. The van der Waals surface area contributed by atoms with Crippen molar-refractivity contribution in [2.75, 3.05) is 0 Å². The largest absolute Gasteiger partial charge is 0.463 e. The summed E-state index contributed by atoms with van der Waals surface area (Å²) < 4.78 is 5.18. The number of nitrogens with zero attached hydrogens (tertiary/aromatic N) is 1. The number of para-hydroxylation sites is 1. The molecule has 1 fully saturated rings. The highest BCUT2D eigenvalue weighted by atomic mass is 16.6. The van der Waals surface area contributed by atoms with Gasteiger partial charge in [-0.2, -0.15) is 0 Å². The van der Waals surface area contributed by atoms with Crippen LogP contribution in [0, 0.1) is 16.0 Å². The number of rotatable bonds is 9. The fourth-order valence-corrected chi connectivity index (χ4v) is 3.45. The highest BCUT2D eigenvalue weighted by Gasteiger charge is 2.33. The SMILES string of the molecule is CC(C)CC1CC(C(=O)NC(CC(=O)OC(C)C)c2ccccc2[N+](=O)[O-])NN1. The Hall–Kier alpha value is -2.52. The van der Waals surface area contributed by atoms with Crippen LogP contribution in [0.2, 0.25) is 0 Å². The fraction of sp³-hybridized carbons (Fsp3) is 0.600. The summed E-state index contributed by atoms with van der Waals surface area (Å²) in [7, 11) is 0. The summed E-state index contributed by atoms with van der Waals surface area (Å²) >= 11 is 0. The minimum Gasteiger partial charge on any atom is -0.463 e. The molecule has 0 aliphatic carbocycles. The first-order valence-corrected chi connectivity index (χ1v) is 9.91. The van der Waals surface area contributed by atoms with Crippen molar-refractivity contribution >= 4 is 17.6 Å². The number of carbonyl (C=O) groups is 2. The van der Waals surface area contributed by atoms with Crippen LogP contribution >= 0.6 is 0 Å². The van der Waals surface area contributed by atoms with Gasteiger partial charge in [-0.3, -0.25) is 25.1 Å². The lowest BCUT2D eigenvalue weighted by atomic mass is 9.98. The van der Waals surface area contributed by atoms with Gasteiger partial charge in [-0.1, -0.05) is 32.0 Å². The molecule has 1 amide bonds. The molecule has 0 saturated carbocycles. The Morgan fingerprint density at radius 3 is 2.55 bits per heavy atom. The van der Waals surface area contributed by atoms with Crippen LogP contribution in [0.3, 0.4) is 0 Å². The van der Waals surface area contributed by atoms with Gasteiger partial charge in [-0.05, 0) is 32.6 Å². The Bertz CT molecular complexity index is 737. The molecular formula is C20H30N4O5. The summed E-state index contributed by atoms with van der Waals surface area (Å²) in [5.41, 5.74) is 6.22. The second-order valence-corrected chi connectivity index (χ2v) is 8.02. The molecule has 9 heteroatoms. The number of nitrogens with one attached hydrogen (secondary N) is 3. The zero-order valence-electron chi connectivity index (χ0n) is 17.3. The van der Waals surface area contributed by atoms with Crippen LogP contribution < -0.4 is 16.2 Å². The third-order valence-corrected chi connectivity index (χ3v) is 4.62. The smallest absolute Gasteiger partial charge is 0.308 e. The van der Waals surface area contributed by atoms with E-state index in [1.54, 1.807) is 32.0 Å². The number of hydrogen-bond donors (Lipinski definition) is 3. The summed E-state index contributed by atoms with van der Waals surface area (Å²) in [4.78, 5) is 35.9. The van der Waals surface area contributed by atoms with Gasteiger partial charge in [0, 0.05) is 12.1 Å². The number of nitro benzene ring substituents is 1. The number of esters is 1. The minimum atomic E-state index is -0.860. The van der Waals surface area contributed by atoms with Crippen molar-refractivity contribution in [2.45, 2.75) is 71.2 Å².